The number of ether oxygens (including phenoxy) is 1. The Morgan fingerprint density at radius 3 is 2.45 bits per heavy atom. The number of carbonyl (C=O) groups excluding carboxylic acids is 3. The van der Waals surface area contributed by atoms with E-state index < -0.39 is 24.0 Å². The van der Waals surface area contributed by atoms with Crippen molar-refractivity contribution in [3.8, 4) is 0 Å². The first-order chi connectivity index (χ1) is 9.35. The van der Waals surface area contributed by atoms with E-state index in [1.807, 2.05) is 18.3 Å². The average molecular weight is 278 g/mol. The van der Waals surface area contributed by atoms with Gasteiger partial charge in [0.05, 0.1) is 5.56 Å². The molecule has 0 saturated carbocycles. The second kappa shape index (κ2) is 6.70. The second-order valence-electron chi connectivity index (χ2n) is 4.43. The Morgan fingerprint density at radius 1 is 1.20 bits per heavy atom. The van der Waals surface area contributed by atoms with Crippen molar-refractivity contribution in [1.29, 1.82) is 0 Å². The molecule has 0 aliphatic rings. The molecule has 0 radical (unpaired) electrons. The van der Waals surface area contributed by atoms with Crippen LogP contribution in [0.1, 0.15) is 28.4 Å². The molecular formula is C14H18N2O4. The van der Waals surface area contributed by atoms with Crippen LogP contribution in [-0.2, 0) is 9.53 Å². The molecule has 1 rings (SSSR count). The summed E-state index contributed by atoms with van der Waals surface area (Å²) in [5, 5.41) is 4.29. The highest BCUT2D eigenvalue weighted by Gasteiger charge is 2.21. The zero-order valence-corrected chi connectivity index (χ0v) is 11.9. The molecule has 0 fully saturated rings. The lowest BCUT2D eigenvalue weighted by molar-refractivity contribution is -0.127. The number of carbonyl (C=O) groups is 3. The van der Waals surface area contributed by atoms with Crippen molar-refractivity contribution in [2.24, 2.45) is 0 Å². The molecule has 0 spiro atoms. The molecule has 2 N–H and O–H groups in total. The molecule has 1 aromatic carbocycles. The van der Waals surface area contributed by atoms with E-state index in [0.717, 1.165) is 11.1 Å². The normalized spacial score (nSPS) is 11.4. The van der Waals surface area contributed by atoms with Crippen LogP contribution in [0.25, 0.3) is 0 Å². The molecule has 20 heavy (non-hydrogen) atoms. The number of hydrogen-bond acceptors (Lipinski definition) is 4. The minimum absolute atomic E-state index is 0.407. The maximum Gasteiger partial charge on any atom is 0.339 e. The molecule has 6 heteroatoms. The van der Waals surface area contributed by atoms with Crippen molar-refractivity contribution >= 4 is 17.9 Å². The van der Waals surface area contributed by atoms with Crippen LogP contribution in [0.2, 0.25) is 0 Å². The maximum atomic E-state index is 12.0. The molecule has 0 heterocycles. The van der Waals surface area contributed by atoms with E-state index in [2.05, 4.69) is 5.32 Å². The largest absolute Gasteiger partial charge is 0.449 e. The molecule has 1 aromatic rings. The molecule has 0 aliphatic heterocycles. The highest BCUT2D eigenvalue weighted by molar-refractivity contribution is 5.98. The van der Waals surface area contributed by atoms with Gasteiger partial charge in [0.15, 0.2) is 6.10 Å². The summed E-state index contributed by atoms with van der Waals surface area (Å²) in [4.78, 5) is 34.6. The summed E-state index contributed by atoms with van der Waals surface area (Å²) in [6.07, 6.45) is -1.06. The predicted octanol–water partition coefficient (Wildman–Crippen LogP) is 1.30. The van der Waals surface area contributed by atoms with Gasteiger partial charge in [-0.2, -0.15) is 0 Å². The monoisotopic (exact) mass is 278 g/mol. The van der Waals surface area contributed by atoms with Gasteiger partial charge < -0.3 is 10.1 Å². The molecular weight excluding hydrogens is 260 g/mol. The molecule has 6 nitrogen and oxygen atoms in total. The molecule has 0 unspecified atom stereocenters. The van der Waals surface area contributed by atoms with Gasteiger partial charge in [0, 0.05) is 7.05 Å². The van der Waals surface area contributed by atoms with Crippen molar-refractivity contribution in [2.45, 2.75) is 26.9 Å². The van der Waals surface area contributed by atoms with Gasteiger partial charge in [0.1, 0.15) is 0 Å². The lowest BCUT2D eigenvalue weighted by Gasteiger charge is -2.14. The van der Waals surface area contributed by atoms with E-state index in [9.17, 15) is 14.4 Å². The third kappa shape index (κ3) is 4.08. The molecule has 0 aromatic heterocycles. The standard InChI is InChI=1S/C14H18N2O4/c1-8-5-6-9(2)11(7-8)13(18)20-10(3)12(17)16-14(19)15-4/h5-7,10H,1-4H3,(H2,15,16,17,19)/t10-/m0/s1. The van der Waals surface area contributed by atoms with Crippen molar-refractivity contribution in [3.05, 3.63) is 34.9 Å². The number of esters is 1. The van der Waals surface area contributed by atoms with Gasteiger partial charge in [-0.1, -0.05) is 17.7 Å². The Morgan fingerprint density at radius 2 is 1.85 bits per heavy atom. The van der Waals surface area contributed by atoms with E-state index in [0.29, 0.717) is 5.56 Å². The van der Waals surface area contributed by atoms with E-state index in [1.165, 1.54) is 14.0 Å². The third-order valence-corrected chi connectivity index (χ3v) is 2.73. The molecule has 3 amide bonds. The van der Waals surface area contributed by atoms with Gasteiger partial charge in [0.2, 0.25) is 0 Å². The Balaban J connectivity index is 2.72. The number of aryl methyl sites for hydroxylation is 2. The Kier molecular flexibility index (Phi) is 5.25. The number of nitrogens with one attached hydrogen (secondary N) is 2. The molecule has 108 valence electrons. The van der Waals surface area contributed by atoms with Crippen LogP contribution in [0.5, 0.6) is 0 Å². The van der Waals surface area contributed by atoms with Crippen molar-refractivity contribution in [1.82, 2.24) is 10.6 Å². The predicted molar refractivity (Wildman–Crippen MR) is 73.4 cm³/mol. The first-order valence-electron chi connectivity index (χ1n) is 6.16. The van der Waals surface area contributed by atoms with Crippen LogP contribution in [0.3, 0.4) is 0 Å². The lowest BCUT2D eigenvalue weighted by Crippen LogP contribution is -2.43. The van der Waals surface area contributed by atoms with Gasteiger partial charge in [0.25, 0.3) is 5.91 Å². The third-order valence-electron chi connectivity index (χ3n) is 2.73. The Hall–Kier alpha value is -2.37. The molecule has 0 aliphatic carbocycles. The van der Waals surface area contributed by atoms with E-state index in [4.69, 9.17) is 4.74 Å². The minimum atomic E-state index is -1.06. The quantitative estimate of drug-likeness (QED) is 0.816. The number of amides is 3. The SMILES string of the molecule is CNC(=O)NC(=O)[C@H](C)OC(=O)c1cc(C)ccc1C. The molecule has 1 atom stereocenters. The first kappa shape index (κ1) is 15.7. The van der Waals surface area contributed by atoms with Crippen LogP contribution < -0.4 is 10.6 Å². The maximum absolute atomic E-state index is 12.0. The summed E-state index contributed by atoms with van der Waals surface area (Å²) >= 11 is 0. The van der Waals surface area contributed by atoms with Gasteiger partial charge in [-0.15, -0.1) is 0 Å². The Bertz CT molecular complexity index is 540. The second-order valence-corrected chi connectivity index (χ2v) is 4.43. The van der Waals surface area contributed by atoms with E-state index in [-0.39, 0.29) is 0 Å². The van der Waals surface area contributed by atoms with Crippen LogP contribution in [0.15, 0.2) is 18.2 Å². The number of benzene rings is 1. The fourth-order valence-electron chi connectivity index (χ4n) is 1.51. The number of hydrogen-bond donors (Lipinski definition) is 2. The van der Waals surface area contributed by atoms with E-state index in [1.54, 1.807) is 19.1 Å². The van der Waals surface area contributed by atoms with Gasteiger partial charge >= 0.3 is 12.0 Å². The summed E-state index contributed by atoms with van der Waals surface area (Å²) in [6, 6.07) is 4.74. The van der Waals surface area contributed by atoms with Crippen LogP contribution in [0.4, 0.5) is 4.79 Å². The topological polar surface area (TPSA) is 84.5 Å². The van der Waals surface area contributed by atoms with Crippen molar-refractivity contribution < 1.29 is 19.1 Å². The summed E-state index contributed by atoms with van der Waals surface area (Å²) in [7, 11) is 1.38. The summed E-state index contributed by atoms with van der Waals surface area (Å²) in [5.41, 5.74) is 2.09. The zero-order valence-electron chi connectivity index (χ0n) is 11.9. The smallest absolute Gasteiger partial charge is 0.339 e. The zero-order chi connectivity index (χ0) is 15.3. The Labute approximate surface area is 117 Å². The van der Waals surface area contributed by atoms with Gasteiger partial charge in [-0.25, -0.2) is 9.59 Å². The van der Waals surface area contributed by atoms with Crippen LogP contribution in [0, 0.1) is 13.8 Å². The van der Waals surface area contributed by atoms with Gasteiger partial charge in [-0.05, 0) is 32.4 Å². The summed E-state index contributed by atoms with van der Waals surface area (Å²) in [6.45, 7) is 5.05. The average Bonchev–Trinajstić information content (AvgIpc) is 2.40. The van der Waals surface area contributed by atoms with Crippen LogP contribution in [-0.4, -0.2) is 31.1 Å². The number of imide groups is 1. The van der Waals surface area contributed by atoms with E-state index >= 15 is 0 Å². The van der Waals surface area contributed by atoms with Crippen molar-refractivity contribution in [3.63, 3.8) is 0 Å². The highest BCUT2D eigenvalue weighted by Crippen LogP contribution is 2.13. The van der Waals surface area contributed by atoms with Gasteiger partial charge in [-0.3, -0.25) is 10.1 Å². The minimum Gasteiger partial charge on any atom is -0.449 e. The van der Waals surface area contributed by atoms with Crippen LogP contribution >= 0.6 is 0 Å². The highest BCUT2D eigenvalue weighted by atomic mass is 16.5. The lowest BCUT2D eigenvalue weighted by atomic mass is 10.1. The summed E-state index contributed by atoms with van der Waals surface area (Å²) in [5.74, 6) is -1.27. The molecule has 0 bridgehead atoms. The molecule has 0 saturated heterocycles. The fourth-order valence-corrected chi connectivity index (χ4v) is 1.51. The van der Waals surface area contributed by atoms with Crippen molar-refractivity contribution in [2.75, 3.05) is 7.05 Å². The number of urea groups is 1. The summed E-state index contributed by atoms with van der Waals surface area (Å²) < 4.78 is 5.05. The first-order valence-corrected chi connectivity index (χ1v) is 6.16. The fraction of sp³-hybridized carbons (Fsp3) is 0.357. The number of rotatable bonds is 3.